The molecule has 1 saturated heterocycles. The number of benzene rings is 2. The lowest BCUT2D eigenvalue weighted by molar-refractivity contribution is -0.135. The normalized spacial score (nSPS) is 20.6. The SMILES string of the molecule is COC(=O)NC(C(=O)N1CC2(CC2)C[C@H]1c1ncc(-c2ccc3c(c2)C(F)(F)c2cc(Br)ccc2-3)[nH]1)C(C)C. The van der Waals surface area contributed by atoms with Gasteiger partial charge in [0.25, 0.3) is 5.92 Å². The second kappa shape index (κ2) is 9.15. The number of hydrogen-bond acceptors (Lipinski definition) is 4. The summed E-state index contributed by atoms with van der Waals surface area (Å²) >= 11 is 3.31. The largest absolute Gasteiger partial charge is 0.453 e. The zero-order valence-corrected chi connectivity index (χ0v) is 23.4. The van der Waals surface area contributed by atoms with Crippen LogP contribution in [0.25, 0.3) is 22.4 Å². The molecule has 2 fully saturated rings. The molecule has 2 aliphatic carbocycles. The lowest BCUT2D eigenvalue weighted by Crippen LogP contribution is -2.51. The number of alkyl halides is 2. The molecule has 1 saturated carbocycles. The van der Waals surface area contributed by atoms with Crippen molar-refractivity contribution >= 4 is 27.9 Å². The maximum absolute atomic E-state index is 15.4. The van der Waals surface area contributed by atoms with Gasteiger partial charge in [-0.15, -0.1) is 0 Å². The number of nitrogens with one attached hydrogen (secondary N) is 2. The minimum atomic E-state index is -3.11. The van der Waals surface area contributed by atoms with Crippen LogP contribution in [0.5, 0.6) is 0 Å². The van der Waals surface area contributed by atoms with Gasteiger partial charge in [-0.1, -0.05) is 48.0 Å². The van der Waals surface area contributed by atoms with Gasteiger partial charge in [-0.25, -0.2) is 9.78 Å². The van der Waals surface area contributed by atoms with Gasteiger partial charge < -0.3 is 19.9 Å². The van der Waals surface area contributed by atoms with E-state index in [1.165, 1.54) is 19.2 Å². The molecular weight excluding hydrogens is 570 g/mol. The molecule has 3 aliphatic rings. The van der Waals surface area contributed by atoms with Crippen molar-refractivity contribution < 1.29 is 23.1 Å². The first kappa shape index (κ1) is 26.0. The number of nitrogens with zero attached hydrogens (tertiary/aromatic N) is 2. The molecular formula is C29H29BrF2N4O3. The van der Waals surface area contributed by atoms with Gasteiger partial charge in [0.1, 0.15) is 11.9 Å². The van der Waals surface area contributed by atoms with E-state index in [-0.39, 0.29) is 34.4 Å². The van der Waals surface area contributed by atoms with Crippen LogP contribution in [0.3, 0.4) is 0 Å². The van der Waals surface area contributed by atoms with Crippen molar-refractivity contribution in [2.45, 2.75) is 51.1 Å². The van der Waals surface area contributed by atoms with E-state index >= 15 is 8.78 Å². The van der Waals surface area contributed by atoms with Gasteiger partial charge in [-0.05, 0) is 59.9 Å². The number of amides is 2. The quantitative estimate of drug-likeness (QED) is 0.356. The molecule has 2 atom stereocenters. The second-order valence-corrected chi connectivity index (χ2v) is 12.2. The van der Waals surface area contributed by atoms with Crippen LogP contribution in [0.4, 0.5) is 13.6 Å². The number of methoxy groups -OCH3 is 1. The third-order valence-electron chi connectivity index (χ3n) is 8.33. The number of ether oxygens (including phenoxy) is 1. The summed E-state index contributed by atoms with van der Waals surface area (Å²) in [6, 6.07) is 9.00. The first-order valence-corrected chi connectivity index (χ1v) is 13.9. The highest BCUT2D eigenvalue weighted by Crippen LogP contribution is 2.58. The summed E-state index contributed by atoms with van der Waals surface area (Å²) in [5.41, 5.74) is 2.28. The fourth-order valence-electron chi connectivity index (χ4n) is 5.96. The van der Waals surface area contributed by atoms with Crippen molar-refractivity contribution in [3.05, 3.63) is 64.0 Å². The molecule has 204 valence electrons. The minimum Gasteiger partial charge on any atom is -0.453 e. The molecule has 1 aromatic heterocycles. The second-order valence-electron chi connectivity index (χ2n) is 11.3. The van der Waals surface area contributed by atoms with E-state index in [2.05, 4.69) is 31.2 Å². The predicted molar refractivity (Wildman–Crippen MR) is 145 cm³/mol. The summed E-state index contributed by atoms with van der Waals surface area (Å²) in [4.78, 5) is 35.3. The average molecular weight is 599 g/mol. The average Bonchev–Trinajstić information content (AvgIpc) is 3.23. The Morgan fingerprint density at radius 3 is 2.51 bits per heavy atom. The molecule has 7 nitrogen and oxygen atoms in total. The number of fused-ring (bicyclic) bond motifs is 3. The highest BCUT2D eigenvalue weighted by Gasteiger charge is 2.55. The lowest BCUT2D eigenvalue weighted by atomic mass is 10.0. The Morgan fingerprint density at radius 1 is 1.15 bits per heavy atom. The fraction of sp³-hybridized carbons (Fsp3) is 0.414. The molecule has 2 amide bonds. The van der Waals surface area contributed by atoms with Crippen molar-refractivity contribution in [1.82, 2.24) is 20.2 Å². The Morgan fingerprint density at radius 2 is 1.85 bits per heavy atom. The van der Waals surface area contributed by atoms with Gasteiger partial charge in [0.2, 0.25) is 5.91 Å². The molecule has 1 unspecified atom stereocenters. The lowest BCUT2D eigenvalue weighted by Gasteiger charge is -2.30. The molecule has 1 spiro atoms. The van der Waals surface area contributed by atoms with E-state index in [1.807, 2.05) is 24.8 Å². The first-order chi connectivity index (χ1) is 18.5. The molecule has 3 aromatic rings. The molecule has 1 aliphatic heterocycles. The Hall–Kier alpha value is -3.27. The first-order valence-electron chi connectivity index (χ1n) is 13.1. The molecule has 0 radical (unpaired) electrons. The molecule has 39 heavy (non-hydrogen) atoms. The van der Waals surface area contributed by atoms with Crippen molar-refractivity contribution in [3.63, 3.8) is 0 Å². The van der Waals surface area contributed by atoms with Gasteiger partial charge in [-0.2, -0.15) is 8.78 Å². The highest BCUT2D eigenvalue weighted by molar-refractivity contribution is 9.10. The predicted octanol–water partition coefficient (Wildman–Crippen LogP) is 6.39. The van der Waals surface area contributed by atoms with Crippen molar-refractivity contribution in [1.29, 1.82) is 0 Å². The third kappa shape index (κ3) is 4.33. The summed E-state index contributed by atoms with van der Waals surface area (Å²) in [6.45, 7) is 4.35. The number of carbonyl (C=O) groups excluding carboxylic acids is 2. The summed E-state index contributed by atoms with van der Waals surface area (Å²) in [6.07, 6.45) is 3.83. The van der Waals surface area contributed by atoms with Crippen LogP contribution >= 0.6 is 15.9 Å². The molecule has 2 N–H and O–H groups in total. The maximum Gasteiger partial charge on any atom is 0.407 e. The summed E-state index contributed by atoms with van der Waals surface area (Å²) in [5.74, 6) is -2.82. The molecule has 0 bridgehead atoms. The van der Waals surface area contributed by atoms with Gasteiger partial charge in [0.05, 0.1) is 25.0 Å². The van der Waals surface area contributed by atoms with E-state index in [0.717, 1.165) is 19.3 Å². The van der Waals surface area contributed by atoms with Gasteiger partial charge in [0, 0.05) is 27.7 Å². The highest BCUT2D eigenvalue weighted by atomic mass is 79.9. The van der Waals surface area contributed by atoms with Crippen LogP contribution in [-0.2, 0) is 15.5 Å². The zero-order chi connectivity index (χ0) is 27.7. The van der Waals surface area contributed by atoms with Gasteiger partial charge in [-0.3, -0.25) is 4.79 Å². The number of aromatic amines is 1. The number of carbonyl (C=O) groups is 2. The molecule has 10 heteroatoms. The topological polar surface area (TPSA) is 87.3 Å². The number of aromatic nitrogens is 2. The van der Waals surface area contributed by atoms with Crippen LogP contribution in [0.2, 0.25) is 0 Å². The third-order valence-corrected chi connectivity index (χ3v) is 8.82. The van der Waals surface area contributed by atoms with E-state index in [4.69, 9.17) is 4.74 Å². The van der Waals surface area contributed by atoms with Gasteiger partial charge in [0.15, 0.2) is 0 Å². The van der Waals surface area contributed by atoms with Crippen LogP contribution in [0, 0.1) is 11.3 Å². The molecule has 2 heterocycles. The number of imidazole rings is 1. The van der Waals surface area contributed by atoms with Crippen LogP contribution < -0.4 is 5.32 Å². The molecule has 6 rings (SSSR count). The summed E-state index contributed by atoms with van der Waals surface area (Å²) < 4.78 is 36.2. The minimum absolute atomic E-state index is 0.00978. The number of likely N-dealkylation sites (tertiary alicyclic amines) is 1. The molecule has 2 aromatic carbocycles. The van der Waals surface area contributed by atoms with Crippen LogP contribution in [0.15, 0.2) is 47.1 Å². The Balaban J connectivity index is 1.30. The summed E-state index contributed by atoms with van der Waals surface area (Å²) in [7, 11) is 1.27. The Kier molecular flexibility index (Phi) is 6.09. The van der Waals surface area contributed by atoms with Crippen LogP contribution in [0.1, 0.15) is 56.1 Å². The van der Waals surface area contributed by atoms with E-state index < -0.39 is 18.1 Å². The Bertz CT molecular complexity index is 1480. The van der Waals surface area contributed by atoms with E-state index in [1.54, 1.807) is 24.4 Å². The van der Waals surface area contributed by atoms with E-state index in [9.17, 15) is 9.59 Å². The number of H-pyrrole nitrogens is 1. The number of rotatable bonds is 5. The number of alkyl carbamates (subject to hydrolysis) is 1. The van der Waals surface area contributed by atoms with E-state index in [0.29, 0.717) is 39.2 Å². The standard InChI is InChI=1S/C29H29BrF2N4O3/c1-15(2)24(35-27(38)39-3)26(37)36-14-28(8-9-28)12-23(36)25-33-13-22(34-25)16-4-6-18-19-7-5-17(30)11-21(19)29(31,32)20(18)10-16/h4-7,10-11,13,15,23-24H,8-9,12,14H2,1-3H3,(H,33,34)(H,35,38)/t23-,24?/m0/s1. The number of hydrogen-bond donors (Lipinski definition) is 2. The van der Waals surface area contributed by atoms with Crippen molar-refractivity contribution in [3.8, 4) is 22.4 Å². The van der Waals surface area contributed by atoms with Crippen molar-refractivity contribution in [2.75, 3.05) is 13.7 Å². The smallest absolute Gasteiger partial charge is 0.407 e. The van der Waals surface area contributed by atoms with Crippen molar-refractivity contribution in [2.24, 2.45) is 11.3 Å². The zero-order valence-electron chi connectivity index (χ0n) is 21.9. The Labute approximate surface area is 233 Å². The van der Waals surface area contributed by atoms with Crippen LogP contribution in [-0.4, -0.2) is 46.6 Å². The van der Waals surface area contributed by atoms with Gasteiger partial charge >= 0.3 is 6.09 Å². The number of halogens is 3. The fourth-order valence-corrected chi connectivity index (χ4v) is 6.33. The maximum atomic E-state index is 15.4. The monoisotopic (exact) mass is 598 g/mol. The summed E-state index contributed by atoms with van der Waals surface area (Å²) in [5, 5.41) is 2.68.